The maximum absolute atomic E-state index is 13.2. The molecule has 1 amide bonds. The van der Waals surface area contributed by atoms with Gasteiger partial charge in [-0.2, -0.15) is 0 Å². The fourth-order valence-electron chi connectivity index (χ4n) is 4.05. The van der Waals surface area contributed by atoms with E-state index in [4.69, 9.17) is 4.74 Å². The Labute approximate surface area is 199 Å². The minimum absolute atomic E-state index is 0.0755. The zero-order chi connectivity index (χ0) is 22.6. The van der Waals surface area contributed by atoms with Crippen LogP contribution in [0.25, 0.3) is 20.7 Å². The highest BCUT2D eigenvalue weighted by Crippen LogP contribution is 2.33. The Balaban J connectivity index is 1.37. The van der Waals surface area contributed by atoms with Crippen LogP contribution in [0, 0.1) is 0 Å². The summed E-state index contributed by atoms with van der Waals surface area (Å²) in [6.07, 6.45) is 1.47. The molecule has 1 N–H and O–H groups in total. The Kier molecular flexibility index (Phi) is 6.63. The van der Waals surface area contributed by atoms with Gasteiger partial charge in [-0.25, -0.2) is 4.98 Å². The molecule has 170 valence electrons. The second-order valence-electron chi connectivity index (χ2n) is 7.93. The molecule has 33 heavy (non-hydrogen) atoms. The molecule has 0 bridgehead atoms. The number of nitrogens with one attached hydrogen (secondary N) is 1. The third-order valence-corrected chi connectivity index (χ3v) is 7.53. The molecule has 4 heterocycles. The van der Waals surface area contributed by atoms with Gasteiger partial charge in [0.2, 0.25) is 5.91 Å². The monoisotopic (exact) mass is 480 g/mol. The lowest BCUT2D eigenvalue weighted by molar-refractivity contribution is -0.122. The maximum Gasteiger partial charge on any atom is 0.263 e. The molecule has 3 aromatic heterocycles. The summed E-state index contributed by atoms with van der Waals surface area (Å²) >= 11 is 3.03. The van der Waals surface area contributed by atoms with Crippen LogP contribution in [0.3, 0.4) is 0 Å². The number of hydrogen-bond acceptors (Lipinski definition) is 7. The van der Waals surface area contributed by atoms with Gasteiger partial charge in [-0.15, -0.1) is 22.7 Å². The van der Waals surface area contributed by atoms with E-state index in [9.17, 15) is 9.59 Å². The number of nitrogens with zero attached hydrogens (tertiary/aromatic N) is 3. The van der Waals surface area contributed by atoms with E-state index in [1.165, 1.54) is 22.2 Å². The first kappa shape index (κ1) is 22.0. The summed E-state index contributed by atoms with van der Waals surface area (Å²) in [4.78, 5) is 34.7. The van der Waals surface area contributed by atoms with Gasteiger partial charge in [0.1, 0.15) is 11.4 Å². The summed E-state index contributed by atoms with van der Waals surface area (Å²) in [7, 11) is 0. The number of hydrogen-bond donors (Lipinski definition) is 1. The van der Waals surface area contributed by atoms with Crippen LogP contribution in [0.15, 0.2) is 64.3 Å². The Morgan fingerprint density at radius 3 is 2.70 bits per heavy atom. The molecule has 0 radical (unpaired) electrons. The molecule has 1 unspecified atom stereocenters. The number of amides is 1. The van der Waals surface area contributed by atoms with Crippen molar-refractivity contribution in [3.8, 4) is 10.4 Å². The second kappa shape index (κ2) is 9.96. The van der Waals surface area contributed by atoms with Gasteiger partial charge in [0.05, 0.1) is 31.0 Å². The van der Waals surface area contributed by atoms with E-state index in [1.807, 2.05) is 53.2 Å². The topological polar surface area (TPSA) is 76.5 Å². The molecule has 7 nitrogen and oxygen atoms in total. The van der Waals surface area contributed by atoms with Crippen LogP contribution in [0.4, 0.5) is 0 Å². The van der Waals surface area contributed by atoms with Crippen LogP contribution in [-0.4, -0.2) is 53.2 Å². The zero-order valence-corrected chi connectivity index (χ0v) is 19.6. The summed E-state index contributed by atoms with van der Waals surface area (Å²) < 4.78 is 6.85. The highest BCUT2D eigenvalue weighted by Gasteiger charge is 2.21. The van der Waals surface area contributed by atoms with Crippen molar-refractivity contribution in [2.75, 3.05) is 32.8 Å². The summed E-state index contributed by atoms with van der Waals surface area (Å²) in [6.45, 7) is 3.69. The zero-order valence-electron chi connectivity index (χ0n) is 18.0. The first-order chi connectivity index (χ1) is 16.2. The van der Waals surface area contributed by atoms with Crippen molar-refractivity contribution < 1.29 is 9.53 Å². The summed E-state index contributed by atoms with van der Waals surface area (Å²) in [6, 6.07) is 13.7. The number of benzene rings is 1. The predicted octanol–water partition coefficient (Wildman–Crippen LogP) is 3.38. The van der Waals surface area contributed by atoms with E-state index in [1.54, 1.807) is 11.3 Å². The lowest BCUT2D eigenvalue weighted by Gasteiger charge is -2.31. The molecule has 0 aliphatic carbocycles. The quantitative estimate of drug-likeness (QED) is 0.439. The van der Waals surface area contributed by atoms with Gasteiger partial charge in [-0.05, 0) is 17.0 Å². The predicted molar refractivity (Wildman–Crippen MR) is 132 cm³/mol. The normalized spacial score (nSPS) is 15.5. The highest BCUT2D eigenvalue weighted by molar-refractivity contribution is 7.18. The fraction of sp³-hybridized carbons (Fsp3) is 0.292. The summed E-state index contributed by atoms with van der Waals surface area (Å²) in [5.74, 6) is -0.215. The molecule has 1 atom stereocenters. The highest BCUT2D eigenvalue weighted by atomic mass is 32.1. The van der Waals surface area contributed by atoms with Crippen LogP contribution >= 0.6 is 22.7 Å². The molecule has 4 aromatic rings. The number of carbonyl (C=O) groups excluding carboxylic acids is 1. The molecule has 1 aliphatic heterocycles. The Bertz CT molecular complexity index is 1280. The summed E-state index contributed by atoms with van der Waals surface area (Å²) in [5.41, 5.74) is 1.73. The average molecular weight is 481 g/mol. The minimum Gasteiger partial charge on any atom is -0.379 e. The van der Waals surface area contributed by atoms with Crippen molar-refractivity contribution in [1.82, 2.24) is 19.8 Å². The number of aromatic nitrogens is 2. The van der Waals surface area contributed by atoms with Crippen molar-refractivity contribution in [3.63, 3.8) is 0 Å². The molecule has 9 heteroatoms. The van der Waals surface area contributed by atoms with Crippen molar-refractivity contribution >= 4 is 38.8 Å². The van der Waals surface area contributed by atoms with Crippen LogP contribution in [-0.2, 0) is 16.1 Å². The average Bonchev–Trinajstić information content (AvgIpc) is 3.52. The molecule has 5 rings (SSSR count). The van der Waals surface area contributed by atoms with Crippen molar-refractivity contribution in [1.29, 1.82) is 0 Å². The van der Waals surface area contributed by atoms with Gasteiger partial charge in [0.25, 0.3) is 5.56 Å². The maximum atomic E-state index is 13.2. The van der Waals surface area contributed by atoms with Crippen LogP contribution in [0.2, 0.25) is 0 Å². The van der Waals surface area contributed by atoms with Crippen molar-refractivity contribution in [2.24, 2.45) is 0 Å². The smallest absolute Gasteiger partial charge is 0.263 e. The fourth-order valence-corrected chi connectivity index (χ4v) is 5.77. The van der Waals surface area contributed by atoms with Gasteiger partial charge in [0.15, 0.2) is 0 Å². The standard InChI is InChI=1S/C24H24N4O3S2/c29-21(26-19(17-5-2-1-3-6-17)13-27-8-10-31-11-9-27)14-28-16-25-23-22(24(28)30)18(15-33-23)20-7-4-12-32-20/h1-7,12,15-16,19H,8-11,13-14H2,(H,26,29). The van der Waals surface area contributed by atoms with Crippen LogP contribution < -0.4 is 10.9 Å². The van der Waals surface area contributed by atoms with Gasteiger partial charge >= 0.3 is 0 Å². The van der Waals surface area contributed by atoms with Gasteiger partial charge in [-0.1, -0.05) is 36.4 Å². The molecule has 0 saturated carbocycles. The third kappa shape index (κ3) is 4.91. The van der Waals surface area contributed by atoms with E-state index in [2.05, 4.69) is 15.2 Å². The van der Waals surface area contributed by atoms with E-state index in [0.717, 1.165) is 29.1 Å². The number of carbonyl (C=O) groups is 1. The van der Waals surface area contributed by atoms with E-state index in [-0.39, 0.29) is 24.1 Å². The molecule has 0 spiro atoms. The van der Waals surface area contributed by atoms with Crippen LogP contribution in [0.5, 0.6) is 0 Å². The van der Waals surface area contributed by atoms with Gasteiger partial charge in [0, 0.05) is 35.5 Å². The van der Waals surface area contributed by atoms with Crippen LogP contribution in [0.1, 0.15) is 11.6 Å². The number of rotatable bonds is 7. The number of ether oxygens (including phenoxy) is 1. The van der Waals surface area contributed by atoms with Gasteiger partial charge < -0.3 is 10.1 Å². The largest absolute Gasteiger partial charge is 0.379 e. The Morgan fingerprint density at radius 2 is 1.94 bits per heavy atom. The second-order valence-corrected chi connectivity index (χ2v) is 9.73. The first-order valence-electron chi connectivity index (χ1n) is 10.8. The molecule has 1 aromatic carbocycles. The Morgan fingerprint density at radius 1 is 1.12 bits per heavy atom. The molecule has 1 aliphatic rings. The molecule has 1 fully saturated rings. The number of morpholine rings is 1. The Hall–Kier alpha value is -2.85. The lowest BCUT2D eigenvalue weighted by Crippen LogP contribution is -2.44. The van der Waals surface area contributed by atoms with E-state index in [0.29, 0.717) is 30.0 Å². The van der Waals surface area contributed by atoms with E-state index >= 15 is 0 Å². The first-order valence-corrected chi connectivity index (χ1v) is 12.6. The minimum atomic E-state index is -0.215. The van der Waals surface area contributed by atoms with Gasteiger partial charge in [-0.3, -0.25) is 19.1 Å². The van der Waals surface area contributed by atoms with Crippen molar-refractivity contribution in [3.05, 3.63) is 75.5 Å². The number of thiophene rings is 2. The van der Waals surface area contributed by atoms with Crippen molar-refractivity contribution in [2.45, 2.75) is 12.6 Å². The molecule has 1 saturated heterocycles. The lowest BCUT2D eigenvalue weighted by atomic mass is 10.1. The summed E-state index contributed by atoms with van der Waals surface area (Å²) in [5, 5.41) is 7.66. The van der Waals surface area contributed by atoms with E-state index < -0.39 is 0 Å². The molecular weight excluding hydrogens is 456 g/mol. The number of fused-ring (bicyclic) bond motifs is 1. The molecular formula is C24H24N4O3S2. The third-order valence-electron chi connectivity index (χ3n) is 5.74. The SMILES string of the molecule is O=C(Cn1cnc2scc(-c3cccs3)c2c1=O)NC(CN1CCOCC1)c1ccccc1.